The summed E-state index contributed by atoms with van der Waals surface area (Å²) in [5.74, 6) is -0.959. The first-order chi connectivity index (χ1) is 9.04. The van der Waals surface area contributed by atoms with Crippen LogP contribution in [0.25, 0.3) is 0 Å². The molecule has 0 saturated carbocycles. The van der Waals surface area contributed by atoms with Gasteiger partial charge in [-0.1, -0.05) is 12.1 Å². The minimum Gasteiger partial charge on any atom is -0.478 e. The van der Waals surface area contributed by atoms with Gasteiger partial charge in [0.25, 0.3) is 0 Å². The molecule has 0 unspecified atom stereocenters. The smallest absolute Gasteiger partial charge is 0.335 e. The van der Waals surface area contributed by atoms with Crippen molar-refractivity contribution in [3.63, 3.8) is 0 Å². The van der Waals surface area contributed by atoms with Crippen molar-refractivity contribution in [1.29, 1.82) is 0 Å². The molecule has 2 amide bonds. The minimum absolute atomic E-state index is 0.171. The van der Waals surface area contributed by atoms with Gasteiger partial charge in [0.05, 0.1) is 5.56 Å². The van der Waals surface area contributed by atoms with Gasteiger partial charge in [-0.05, 0) is 30.7 Å². The minimum atomic E-state index is -0.959. The van der Waals surface area contributed by atoms with Gasteiger partial charge in [0.2, 0.25) is 0 Å². The summed E-state index contributed by atoms with van der Waals surface area (Å²) in [6.45, 7) is 1.52. The third-order valence-electron chi connectivity index (χ3n) is 2.62. The normalized spacial score (nSPS) is 10.0. The van der Waals surface area contributed by atoms with E-state index in [1.54, 1.807) is 19.2 Å². The lowest BCUT2D eigenvalue weighted by molar-refractivity contribution is 0.0697. The van der Waals surface area contributed by atoms with Crippen molar-refractivity contribution in [2.75, 3.05) is 20.1 Å². The molecule has 0 bridgehead atoms. The lowest BCUT2D eigenvalue weighted by Crippen LogP contribution is -2.37. The molecular formula is C13H19N3O3. The largest absolute Gasteiger partial charge is 0.478 e. The Hall–Kier alpha value is -2.08. The Morgan fingerprint density at radius 1 is 1.32 bits per heavy atom. The molecule has 4 N–H and O–H groups in total. The van der Waals surface area contributed by atoms with Crippen molar-refractivity contribution in [2.24, 2.45) is 5.73 Å². The number of carboxylic acid groups (broad SMARTS) is 1. The number of nitrogens with zero attached hydrogens (tertiary/aromatic N) is 1. The number of carbonyl (C=O) groups is 2. The molecule has 0 fully saturated rings. The number of benzene rings is 1. The molecule has 0 aromatic heterocycles. The van der Waals surface area contributed by atoms with Crippen LogP contribution in [0.3, 0.4) is 0 Å². The number of urea groups is 1. The van der Waals surface area contributed by atoms with Gasteiger partial charge in [0.15, 0.2) is 0 Å². The zero-order valence-corrected chi connectivity index (χ0v) is 10.9. The van der Waals surface area contributed by atoms with E-state index in [2.05, 4.69) is 5.32 Å². The van der Waals surface area contributed by atoms with Gasteiger partial charge < -0.3 is 21.1 Å². The molecule has 6 heteroatoms. The van der Waals surface area contributed by atoms with Crippen molar-refractivity contribution in [3.8, 4) is 0 Å². The van der Waals surface area contributed by atoms with Crippen molar-refractivity contribution in [2.45, 2.75) is 13.0 Å². The van der Waals surface area contributed by atoms with Crippen LogP contribution >= 0.6 is 0 Å². The molecule has 0 atom stereocenters. The molecule has 19 heavy (non-hydrogen) atoms. The monoisotopic (exact) mass is 265 g/mol. The summed E-state index contributed by atoms with van der Waals surface area (Å²) >= 11 is 0. The number of amides is 2. The topological polar surface area (TPSA) is 95.7 Å². The Balaban J connectivity index is 2.49. The molecular weight excluding hydrogens is 246 g/mol. The van der Waals surface area contributed by atoms with E-state index in [-0.39, 0.29) is 11.6 Å². The van der Waals surface area contributed by atoms with Crippen LogP contribution in [-0.2, 0) is 6.54 Å². The fourth-order valence-corrected chi connectivity index (χ4v) is 1.53. The van der Waals surface area contributed by atoms with E-state index in [9.17, 15) is 9.59 Å². The zero-order chi connectivity index (χ0) is 14.3. The molecule has 0 heterocycles. The van der Waals surface area contributed by atoms with Gasteiger partial charge in [-0.3, -0.25) is 0 Å². The second kappa shape index (κ2) is 7.38. The number of hydrogen-bond donors (Lipinski definition) is 3. The third-order valence-corrected chi connectivity index (χ3v) is 2.62. The molecule has 0 aliphatic rings. The van der Waals surface area contributed by atoms with Crippen LogP contribution in [0.2, 0.25) is 0 Å². The van der Waals surface area contributed by atoms with Gasteiger partial charge in [0.1, 0.15) is 0 Å². The van der Waals surface area contributed by atoms with Gasteiger partial charge in [-0.2, -0.15) is 0 Å². The quantitative estimate of drug-likeness (QED) is 0.665. The van der Waals surface area contributed by atoms with Crippen LogP contribution in [0, 0.1) is 0 Å². The summed E-state index contributed by atoms with van der Waals surface area (Å²) in [6.07, 6.45) is 0.743. The van der Waals surface area contributed by atoms with E-state index in [0.717, 1.165) is 12.0 Å². The first-order valence-corrected chi connectivity index (χ1v) is 6.06. The number of aromatic carboxylic acids is 1. The highest BCUT2D eigenvalue weighted by Crippen LogP contribution is 2.07. The summed E-state index contributed by atoms with van der Waals surface area (Å²) in [5, 5.41) is 11.5. The summed E-state index contributed by atoms with van der Waals surface area (Å²) in [7, 11) is 1.68. The standard InChI is InChI=1S/C13H19N3O3/c1-16(13(19)15-8-2-7-14)9-10-3-5-11(6-4-10)12(17)18/h3-6H,2,7-9,14H2,1H3,(H,15,19)(H,17,18). The molecule has 0 spiro atoms. The average Bonchev–Trinajstić information content (AvgIpc) is 2.39. The number of rotatable bonds is 6. The molecule has 0 saturated heterocycles. The van der Waals surface area contributed by atoms with Crippen LogP contribution in [0.1, 0.15) is 22.3 Å². The Labute approximate surface area is 112 Å². The molecule has 6 nitrogen and oxygen atoms in total. The maximum atomic E-state index is 11.7. The van der Waals surface area contributed by atoms with Gasteiger partial charge in [-0.25, -0.2) is 9.59 Å². The second-order valence-electron chi connectivity index (χ2n) is 4.23. The van der Waals surface area contributed by atoms with Crippen molar-refractivity contribution >= 4 is 12.0 Å². The van der Waals surface area contributed by atoms with Crippen LogP contribution in [-0.4, -0.2) is 42.1 Å². The van der Waals surface area contributed by atoms with E-state index in [0.29, 0.717) is 19.6 Å². The predicted octanol–water partition coefficient (Wildman–Crippen LogP) is 0.875. The number of hydrogen-bond acceptors (Lipinski definition) is 3. The highest BCUT2D eigenvalue weighted by molar-refractivity contribution is 5.87. The summed E-state index contributed by atoms with van der Waals surface area (Å²) < 4.78 is 0. The van der Waals surface area contributed by atoms with Crippen LogP contribution in [0.5, 0.6) is 0 Å². The summed E-state index contributed by atoms with van der Waals surface area (Å²) in [4.78, 5) is 23.9. The van der Waals surface area contributed by atoms with E-state index in [4.69, 9.17) is 10.8 Å². The van der Waals surface area contributed by atoms with Crippen molar-refractivity contribution < 1.29 is 14.7 Å². The SMILES string of the molecule is CN(Cc1ccc(C(=O)O)cc1)C(=O)NCCCN. The molecule has 104 valence electrons. The first kappa shape index (κ1) is 15.0. The maximum absolute atomic E-state index is 11.7. The Kier molecular flexibility index (Phi) is 5.81. The van der Waals surface area contributed by atoms with Crippen molar-refractivity contribution in [1.82, 2.24) is 10.2 Å². The van der Waals surface area contributed by atoms with E-state index in [1.165, 1.54) is 17.0 Å². The van der Waals surface area contributed by atoms with Crippen LogP contribution in [0.4, 0.5) is 4.79 Å². The van der Waals surface area contributed by atoms with Crippen molar-refractivity contribution in [3.05, 3.63) is 35.4 Å². The molecule has 1 rings (SSSR count). The van der Waals surface area contributed by atoms with E-state index < -0.39 is 5.97 Å². The van der Waals surface area contributed by atoms with Gasteiger partial charge >= 0.3 is 12.0 Å². The summed E-state index contributed by atoms with van der Waals surface area (Å²) in [6, 6.07) is 6.28. The lowest BCUT2D eigenvalue weighted by atomic mass is 10.1. The highest BCUT2D eigenvalue weighted by atomic mass is 16.4. The highest BCUT2D eigenvalue weighted by Gasteiger charge is 2.08. The maximum Gasteiger partial charge on any atom is 0.335 e. The molecule has 1 aromatic carbocycles. The van der Waals surface area contributed by atoms with E-state index in [1.807, 2.05) is 0 Å². The number of nitrogens with one attached hydrogen (secondary N) is 1. The number of carboxylic acids is 1. The second-order valence-corrected chi connectivity index (χ2v) is 4.23. The zero-order valence-electron chi connectivity index (χ0n) is 10.9. The molecule has 1 aromatic rings. The third kappa shape index (κ3) is 4.97. The molecule has 0 radical (unpaired) electrons. The average molecular weight is 265 g/mol. The first-order valence-electron chi connectivity index (χ1n) is 6.06. The Morgan fingerprint density at radius 2 is 1.95 bits per heavy atom. The van der Waals surface area contributed by atoms with E-state index >= 15 is 0 Å². The van der Waals surface area contributed by atoms with Gasteiger partial charge in [-0.15, -0.1) is 0 Å². The summed E-state index contributed by atoms with van der Waals surface area (Å²) in [5.41, 5.74) is 6.45. The van der Waals surface area contributed by atoms with Gasteiger partial charge in [0, 0.05) is 20.1 Å². The Bertz CT molecular complexity index is 431. The number of nitrogens with two attached hydrogens (primary N) is 1. The lowest BCUT2D eigenvalue weighted by Gasteiger charge is -2.18. The fourth-order valence-electron chi connectivity index (χ4n) is 1.53. The Morgan fingerprint density at radius 3 is 2.47 bits per heavy atom. The van der Waals surface area contributed by atoms with Crippen LogP contribution in [0.15, 0.2) is 24.3 Å². The number of carbonyl (C=O) groups excluding carboxylic acids is 1. The molecule has 0 aliphatic heterocycles. The fraction of sp³-hybridized carbons (Fsp3) is 0.385. The predicted molar refractivity (Wildman–Crippen MR) is 71.9 cm³/mol. The molecule has 0 aliphatic carbocycles. The van der Waals surface area contributed by atoms with Crippen LogP contribution < -0.4 is 11.1 Å².